The van der Waals surface area contributed by atoms with Crippen molar-refractivity contribution in [3.8, 4) is 5.75 Å². The van der Waals surface area contributed by atoms with E-state index in [1.807, 2.05) is 0 Å². The maximum atomic E-state index is 12.7. The van der Waals surface area contributed by atoms with Crippen molar-refractivity contribution in [1.29, 1.82) is 0 Å². The molecule has 0 aliphatic carbocycles. The molecule has 12 heavy (non-hydrogen) atoms. The van der Waals surface area contributed by atoms with Crippen LogP contribution in [0.3, 0.4) is 0 Å². The van der Waals surface area contributed by atoms with Crippen molar-refractivity contribution >= 4 is 5.97 Å². The van der Waals surface area contributed by atoms with Gasteiger partial charge in [-0.3, -0.25) is 9.78 Å². The molecule has 4 heteroatoms. The third-order valence-corrected chi connectivity index (χ3v) is 1.25. The molecule has 0 spiro atoms. The number of pyridine rings is 1. The molecule has 0 fully saturated rings. The van der Waals surface area contributed by atoms with Crippen LogP contribution >= 0.6 is 0 Å². The summed E-state index contributed by atoms with van der Waals surface area (Å²) in [4.78, 5) is 14.2. The SMILES string of the molecule is CCC(=O)Oc1ccncc1F. The molecule has 0 saturated carbocycles. The van der Waals surface area contributed by atoms with Crippen molar-refractivity contribution in [1.82, 2.24) is 4.98 Å². The van der Waals surface area contributed by atoms with Crippen LogP contribution in [0, 0.1) is 5.82 Å². The van der Waals surface area contributed by atoms with Gasteiger partial charge in [0.25, 0.3) is 0 Å². The minimum atomic E-state index is -0.626. The third kappa shape index (κ3) is 2.02. The molecule has 0 aliphatic heterocycles. The fourth-order valence-electron chi connectivity index (χ4n) is 0.640. The van der Waals surface area contributed by atoms with E-state index in [0.717, 1.165) is 6.20 Å². The third-order valence-electron chi connectivity index (χ3n) is 1.25. The Hall–Kier alpha value is -1.45. The maximum Gasteiger partial charge on any atom is 0.311 e. The molecule has 0 N–H and O–H groups in total. The van der Waals surface area contributed by atoms with E-state index in [9.17, 15) is 9.18 Å². The molecule has 3 nitrogen and oxygen atoms in total. The van der Waals surface area contributed by atoms with Crippen molar-refractivity contribution in [3.63, 3.8) is 0 Å². The fourth-order valence-corrected chi connectivity index (χ4v) is 0.640. The first kappa shape index (κ1) is 8.64. The van der Waals surface area contributed by atoms with Gasteiger partial charge in [0.05, 0.1) is 6.20 Å². The summed E-state index contributed by atoms with van der Waals surface area (Å²) < 4.78 is 17.4. The Kier molecular flexibility index (Phi) is 2.74. The number of halogens is 1. The van der Waals surface area contributed by atoms with Gasteiger partial charge in [0.15, 0.2) is 11.6 Å². The van der Waals surface area contributed by atoms with Gasteiger partial charge in [0.2, 0.25) is 0 Å². The largest absolute Gasteiger partial charge is 0.423 e. The van der Waals surface area contributed by atoms with Gasteiger partial charge in [-0.2, -0.15) is 0 Å². The van der Waals surface area contributed by atoms with E-state index in [4.69, 9.17) is 0 Å². The maximum absolute atomic E-state index is 12.7. The molecular weight excluding hydrogens is 161 g/mol. The number of carbonyl (C=O) groups excluding carboxylic acids is 1. The lowest BCUT2D eigenvalue weighted by molar-refractivity contribution is -0.134. The molecule has 0 bridgehead atoms. The normalized spacial score (nSPS) is 9.50. The number of rotatable bonds is 2. The van der Waals surface area contributed by atoms with Crippen LogP contribution in [-0.2, 0) is 4.79 Å². The average molecular weight is 169 g/mol. The van der Waals surface area contributed by atoms with Gasteiger partial charge in [0.1, 0.15) is 0 Å². The van der Waals surface area contributed by atoms with Gasteiger partial charge in [-0.25, -0.2) is 4.39 Å². The second-order valence-electron chi connectivity index (χ2n) is 2.13. The van der Waals surface area contributed by atoms with Gasteiger partial charge in [0, 0.05) is 18.7 Å². The van der Waals surface area contributed by atoms with Crippen LogP contribution in [0.25, 0.3) is 0 Å². The summed E-state index contributed by atoms with van der Waals surface area (Å²) in [5.74, 6) is -1.16. The Labute approximate surface area is 69.2 Å². The topological polar surface area (TPSA) is 39.2 Å². The molecule has 0 radical (unpaired) electrons. The van der Waals surface area contributed by atoms with Crippen LogP contribution in [0.5, 0.6) is 5.75 Å². The highest BCUT2D eigenvalue weighted by atomic mass is 19.1. The quantitative estimate of drug-likeness (QED) is 0.630. The first-order chi connectivity index (χ1) is 5.74. The highest BCUT2D eigenvalue weighted by Gasteiger charge is 2.05. The van der Waals surface area contributed by atoms with Gasteiger partial charge in [-0.05, 0) is 0 Å². The molecule has 1 aromatic rings. The Bertz CT molecular complexity index is 288. The van der Waals surface area contributed by atoms with Gasteiger partial charge in [-0.15, -0.1) is 0 Å². The van der Waals surface area contributed by atoms with Gasteiger partial charge < -0.3 is 4.74 Å². The zero-order valence-electron chi connectivity index (χ0n) is 6.58. The fraction of sp³-hybridized carbons (Fsp3) is 0.250. The molecule has 1 rings (SSSR count). The molecule has 0 amide bonds. The van der Waals surface area contributed by atoms with Crippen molar-refractivity contribution in [2.45, 2.75) is 13.3 Å². The highest BCUT2D eigenvalue weighted by molar-refractivity contribution is 5.71. The smallest absolute Gasteiger partial charge is 0.311 e. The molecule has 1 aromatic heterocycles. The van der Waals surface area contributed by atoms with E-state index in [2.05, 4.69) is 9.72 Å². The number of nitrogens with zero attached hydrogens (tertiary/aromatic N) is 1. The number of hydrogen-bond donors (Lipinski definition) is 0. The lowest BCUT2D eigenvalue weighted by Gasteiger charge is -2.01. The van der Waals surface area contributed by atoms with Crippen LogP contribution in [0.4, 0.5) is 4.39 Å². The Balaban J connectivity index is 2.75. The minimum Gasteiger partial charge on any atom is -0.423 e. The van der Waals surface area contributed by atoms with Crippen LogP contribution in [0.1, 0.15) is 13.3 Å². The van der Waals surface area contributed by atoms with E-state index in [-0.39, 0.29) is 12.2 Å². The molecule has 0 aliphatic rings. The Morgan fingerprint density at radius 3 is 3.08 bits per heavy atom. The summed E-state index contributed by atoms with van der Waals surface area (Å²) in [6, 6.07) is 1.31. The van der Waals surface area contributed by atoms with Crippen molar-refractivity contribution in [2.75, 3.05) is 0 Å². The van der Waals surface area contributed by atoms with Crippen LogP contribution in [0.15, 0.2) is 18.5 Å². The summed E-state index contributed by atoms with van der Waals surface area (Å²) >= 11 is 0. The summed E-state index contributed by atoms with van der Waals surface area (Å²) in [6.07, 6.45) is 2.58. The second-order valence-corrected chi connectivity index (χ2v) is 2.13. The Morgan fingerprint density at radius 1 is 1.75 bits per heavy atom. The minimum absolute atomic E-state index is 0.0724. The molecule has 64 valence electrons. The second kappa shape index (κ2) is 3.80. The lowest BCUT2D eigenvalue weighted by atomic mass is 10.4. The van der Waals surface area contributed by atoms with E-state index >= 15 is 0 Å². The first-order valence-electron chi connectivity index (χ1n) is 3.54. The van der Waals surface area contributed by atoms with Crippen LogP contribution in [0.2, 0.25) is 0 Å². The summed E-state index contributed by atoms with van der Waals surface area (Å²) in [5, 5.41) is 0. The predicted octanol–water partition coefficient (Wildman–Crippen LogP) is 1.54. The summed E-state index contributed by atoms with van der Waals surface area (Å²) in [5.41, 5.74) is 0. The van der Waals surface area contributed by atoms with Gasteiger partial charge >= 0.3 is 5.97 Å². The van der Waals surface area contributed by atoms with Gasteiger partial charge in [-0.1, -0.05) is 6.92 Å². The van der Waals surface area contributed by atoms with Crippen molar-refractivity contribution < 1.29 is 13.9 Å². The monoisotopic (exact) mass is 169 g/mol. The lowest BCUT2D eigenvalue weighted by Crippen LogP contribution is -2.06. The predicted molar refractivity (Wildman–Crippen MR) is 40.1 cm³/mol. The standard InChI is InChI=1S/C8H8FNO2/c1-2-8(11)12-7-3-4-10-5-6(7)9/h3-5H,2H2,1H3. The van der Waals surface area contributed by atoms with Crippen molar-refractivity contribution in [2.24, 2.45) is 0 Å². The van der Waals surface area contributed by atoms with Crippen LogP contribution in [-0.4, -0.2) is 11.0 Å². The number of ether oxygens (including phenoxy) is 1. The highest BCUT2D eigenvalue weighted by Crippen LogP contribution is 2.14. The zero-order chi connectivity index (χ0) is 8.97. The molecular formula is C8H8FNO2. The average Bonchev–Trinajstić information content (AvgIpc) is 2.09. The van der Waals surface area contributed by atoms with Crippen molar-refractivity contribution in [3.05, 3.63) is 24.3 Å². The first-order valence-corrected chi connectivity index (χ1v) is 3.54. The van der Waals surface area contributed by atoms with E-state index < -0.39 is 11.8 Å². The van der Waals surface area contributed by atoms with E-state index in [0.29, 0.717) is 0 Å². The molecule has 0 atom stereocenters. The molecule has 0 saturated heterocycles. The van der Waals surface area contributed by atoms with E-state index in [1.54, 1.807) is 6.92 Å². The number of carbonyl (C=O) groups is 1. The molecule has 1 heterocycles. The summed E-state index contributed by atoms with van der Waals surface area (Å²) in [6.45, 7) is 1.64. The Morgan fingerprint density at radius 2 is 2.50 bits per heavy atom. The number of esters is 1. The van der Waals surface area contributed by atoms with E-state index in [1.165, 1.54) is 12.3 Å². The number of aromatic nitrogens is 1. The zero-order valence-corrected chi connectivity index (χ0v) is 6.58. The molecule has 0 aromatic carbocycles. The summed E-state index contributed by atoms with van der Waals surface area (Å²) in [7, 11) is 0. The number of hydrogen-bond acceptors (Lipinski definition) is 3. The van der Waals surface area contributed by atoms with Crippen LogP contribution < -0.4 is 4.74 Å². The molecule has 0 unspecified atom stereocenters.